The van der Waals surface area contributed by atoms with Gasteiger partial charge in [0.2, 0.25) is 5.89 Å². The molecule has 0 aliphatic rings. The number of rotatable bonds is 7. The highest BCUT2D eigenvalue weighted by Gasteiger charge is 2.00. The fourth-order valence-electron chi connectivity index (χ4n) is 1.52. The van der Waals surface area contributed by atoms with Crippen molar-refractivity contribution < 1.29 is 9.15 Å². The Morgan fingerprint density at radius 2 is 2.16 bits per heavy atom. The van der Waals surface area contributed by atoms with E-state index in [0.717, 1.165) is 17.9 Å². The molecule has 19 heavy (non-hydrogen) atoms. The average molecular weight is 296 g/mol. The molecule has 2 aromatic rings. The molecule has 0 radical (unpaired) electrons. The first-order valence-electron chi connectivity index (χ1n) is 6.12. The van der Waals surface area contributed by atoms with Gasteiger partial charge < -0.3 is 9.15 Å². The largest absolute Gasteiger partial charge is 0.493 e. The van der Waals surface area contributed by atoms with E-state index >= 15 is 0 Å². The highest BCUT2D eigenvalue weighted by atomic mass is 32.2. The first-order valence-corrected chi connectivity index (χ1v) is 7.68. The molecule has 4 nitrogen and oxygen atoms in total. The average Bonchev–Trinajstić information content (AvgIpc) is 2.85. The van der Waals surface area contributed by atoms with E-state index < -0.39 is 0 Å². The SMILES string of the molecule is CCc1ccc(OCCSCc2n[nH]c(=S)o2)cc1. The van der Waals surface area contributed by atoms with E-state index in [-0.39, 0.29) is 0 Å². The Morgan fingerprint density at radius 1 is 1.37 bits per heavy atom. The predicted octanol–water partition coefficient (Wildman–Crippen LogP) is 3.61. The number of aromatic amines is 1. The van der Waals surface area contributed by atoms with Crippen LogP contribution in [0.25, 0.3) is 0 Å². The minimum Gasteiger partial charge on any atom is -0.493 e. The van der Waals surface area contributed by atoms with E-state index in [4.69, 9.17) is 21.4 Å². The standard InChI is InChI=1S/C13H16N2O2S2/c1-2-10-3-5-11(6-4-10)16-7-8-19-9-12-14-15-13(18)17-12/h3-6H,2,7-9H2,1H3,(H,15,18). The summed E-state index contributed by atoms with van der Waals surface area (Å²) >= 11 is 6.50. The minimum absolute atomic E-state index is 0.322. The third-order valence-electron chi connectivity index (χ3n) is 2.54. The summed E-state index contributed by atoms with van der Waals surface area (Å²) in [6.45, 7) is 2.81. The molecule has 2 rings (SSSR count). The van der Waals surface area contributed by atoms with Gasteiger partial charge in [-0.1, -0.05) is 19.1 Å². The molecule has 0 saturated heterocycles. The van der Waals surface area contributed by atoms with Gasteiger partial charge in [-0.2, -0.15) is 0 Å². The Hall–Kier alpha value is -1.27. The molecule has 0 unspecified atom stereocenters. The van der Waals surface area contributed by atoms with Crippen LogP contribution in [0.5, 0.6) is 5.75 Å². The second-order valence-corrected chi connectivity index (χ2v) is 5.38. The van der Waals surface area contributed by atoms with Gasteiger partial charge in [-0.25, -0.2) is 5.10 Å². The number of nitrogens with zero attached hydrogens (tertiary/aromatic N) is 1. The monoisotopic (exact) mass is 296 g/mol. The summed E-state index contributed by atoms with van der Waals surface area (Å²) in [7, 11) is 0. The van der Waals surface area contributed by atoms with Gasteiger partial charge in [0, 0.05) is 5.75 Å². The third kappa shape index (κ3) is 4.72. The van der Waals surface area contributed by atoms with Crippen molar-refractivity contribution >= 4 is 24.0 Å². The van der Waals surface area contributed by atoms with Crippen molar-refractivity contribution in [3.8, 4) is 5.75 Å². The zero-order valence-corrected chi connectivity index (χ0v) is 12.4. The van der Waals surface area contributed by atoms with Gasteiger partial charge in [-0.15, -0.1) is 16.9 Å². The number of hydrogen-bond acceptors (Lipinski definition) is 5. The van der Waals surface area contributed by atoms with Crippen LogP contribution in [0.2, 0.25) is 0 Å². The van der Waals surface area contributed by atoms with Gasteiger partial charge in [0.05, 0.1) is 12.4 Å². The lowest BCUT2D eigenvalue weighted by Crippen LogP contribution is -2.00. The number of benzene rings is 1. The van der Waals surface area contributed by atoms with Crippen molar-refractivity contribution in [2.75, 3.05) is 12.4 Å². The van der Waals surface area contributed by atoms with Crippen molar-refractivity contribution in [1.29, 1.82) is 0 Å². The van der Waals surface area contributed by atoms with Crippen LogP contribution in [0.15, 0.2) is 28.7 Å². The summed E-state index contributed by atoms with van der Waals surface area (Å²) in [5, 5.41) is 6.53. The molecule has 102 valence electrons. The van der Waals surface area contributed by atoms with Crippen LogP contribution >= 0.6 is 24.0 Å². The summed E-state index contributed by atoms with van der Waals surface area (Å²) in [5.41, 5.74) is 1.32. The number of hydrogen-bond donors (Lipinski definition) is 1. The maximum atomic E-state index is 5.65. The number of ether oxygens (including phenoxy) is 1. The number of aryl methyl sites for hydroxylation is 1. The van der Waals surface area contributed by atoms with E-state index in [1.54, 1.807) is 11.8 Å². The molecule has 0 fully saturated rings. The molecule has 0 spiro atoms. The Balaban J connectivity index is 1.64. The fraction of sp³-hybridized carbons (Fsp3) is 0.385. The van der Waals surface area contributed by atoms with Crippen molar-refractivity contribution in [3.63, 3.8) is 0 Å². The van der Waals surface area contributed by atoms with Gasteiger partial charge in [-0.3, -0.25) is 0 Å². The molecule has 0 atom stereocenters. The van der Waals surface area contributed by atoms with E-state index in [1.807, 2.05) is 12.1 Å². The highest BCUT2D eigenvalue weighted by molar-refractivity contribution is 7.98. The second kappa shape index (κ2) is 7.35. The van der Waals surface area contributed by atoms with Crippen LogP contribution in [-0.4, -0.2) is 22.6 Å². The van der Waals surface area contributed by atoms with Gasteiger partial charge in [0.15, 0.2) is 0 Å². The van der Waals surface area contributed by atoms with Crippen molar-refractivity contribution in [1.82, 2.24) is 10.2 Å². The lowest BCUT2D eigenvalue weighted by Gasteiger charge is -2.06. The topological polar surface area (TPSA) is 51.0 Å². The summed E-state index contributed by atoms with van der Waals surface area (Å²) in [4.78, 5) is 0.322. The molecule has 1 heterocycles. The molecule has 6 heteroatoms. The molecular formula is C13H16N2O2S2. The molecule has 1 aromatic carbocycles. The van der Waals surface area contributed by atoms with Crippen LogP contribution < -0.4 is 4.74 Å². The van der Waals surface area contributed by atoms with E-state index in [0.29, 0.717) is 23.1 Å². The maximum absolute atomic E-state index is 5.65. The summed E-state index contributed by atoms with van der Waals surface area (Å²) in [5.74, 6) is 3.12. The van der Waals surface area contributed by atoms with Crippen molar-refractivity contribution in [2.45, 2.75) is 19.1 Å². The predicted molar refractivity (Wildman–Crippen MR) is 79.2 cm³/mol. The quantitative estimate of drug-likeness (QED) is 0.625. The summed E-state index contributed by atoms with van der Waals surface area (Å²) < 4.78 is 10.8. The lowest BCUT2D eigenvalue weighted by molar-refractivity contribution is 0.344. The van der Waals surface area contributed by atoms with E-state index in [2.05, 4.69) is 29.3 Å². The van der Waals surface area contributed by atoms with Crippen LogP contribution in [0.3, 0.4) is 0 Å². The molecule has 0 aliphatic heterocycles. The van der Waals surface area contributed by atoms with E-state index in [9.17, 15) is 0 Å². The molecule has 1 N–H and O–H groups in total. The van der Waals surface area contributed by atoms with Gasteiger partial charge in [0.1, 0.15) is 5.75 Å². The van der Waals surface area contributed by atoms with Gasteiger partial charge in [-0.05, 0) is 36.3 Å². The summed E-state index contributed by atoms with van der Waals surface area (Å²) in [6, 6.07) is 8.21. The van der Waals surface area contributed by atoms with Crippen LogP contribution in [0.1, 0.15) is 18.4 Å². The molecule has 0 bridgehead atoms. The molecule has 0 aliphatic carbocycles. The first kappa shape index (κ1) is 14.1. The van der Waals surface area contributed by atoms with Crippen molar-refractivity contribution in [2.24, 2.45) is 0 Å². The zero-order valence-electron chi connectivity index (χ0n) is 10.7. The number of aromatic nitrogens is 2. The smallest absolute Gasteiger partial charge is 0.284 e. The number of nitrogens with one attached hydrogen (secondary N) is 1. The molecule has 1 aromatic heterocycles. The van der Waals surface area contributed by atoms with Gasteiger partial charge >= 0.3 is 0 Å². The Bertz CT molecular complexity index is 548. The summed E-state index contributed by atoms with van der Waals surface area (Å²) in [6.07, 6.45) is 1.05. The van der Waals surface area contributed by atoms with Crippen LogP contribution in [-0.2, 0) is 12.2 Å². The Morgan fingerprint density at radius 3 is 2.79 bits per heavy atom. The maximum Gasteiger partial charge on any atom is 0.284 e. The normalized spacial score (nSPS) is 10.6. The zero-order chi connectivity index (χ0) is 13.5. The van der Waals surface area contributed by atoms with Gasteiger partial charge in [0.25, 0.3) is 4.84 Å². The third-order valence-corrected chi connectivity index (χ3v) is 3.62. The highest BCUT2D eigenvalue weighted by Crippen LogP contribution is 2.14. The number of thioether (sulfide) groups is 1. The lowest BCUT2D eigenvalue weighted by atomic mass is 10.2. The van der Waals surface area contributed by atoms with Crippen molar-refractivity contribution in [3.05, 3.63) is 40.6 Å². The van der Waals surface area contributed by atoms with E-state index in [1.165, 1.54) is 5.56 Å². The second-order valence-electron chi connectivity index (χ2n) is 3.91. The fourth-order valence-corrected chi connectivity index (χ4v) is 2.31. The van der Waals surface area contributed by atoms with Crippen LogP contribution in [0, 0.1) is 4.84 Å². The molecular weight excluding hydrogens is 280 g/mol. The first-order chi connectivity index (χ1) is 9.28. The molecule has 0 saturated carbocycles. The molecule has 0 amide bonds. The minimum atomic E-state index is 0.322. The Kier molecular flexibility index (Phi) is 5.47. The number of H-pyrrole nitrogens is 1. The van der Waals surface area contributed by atoms with Crippen LogP contribution in [0.4, 0.5) is 0 Å². The Labute approximate surface area is 121 Å².